The van der Waals surface area contributed by atoms with Gasteiger partial charge in [-0.2, -0.15) is 0 Å². The van der Waals surface area contributed by atoms with E-state index in [9.17, 15) is 0 Å². The summed E-state index contributed by atoms with van der Waals surface area (Å²) in [7, 11) is 0. The molecule has 2 heteroatoms. The van der Waals surface area contributed by atoms with Gasteiger partial charge in [-0.3, -0.25) is 0 Å². The van der Waals surface area contributed by atoms with Gasteiger partial charge in [0, 0.05) is 12.1 Å². The first-order chi connectivity index (χ1) is 9.60. The van der Waals surface area contributed by atoms with E-state index >= 15 is 0 Å². The number of hydrogen-bond donors (Lipinski definition) is 1. The topological polar surface area (TPSA) is 15.3 Å². The highest BCUT2D eigenvalue weighted by Crippen LogP contribution is 2.45. The van der Waals surface area contributed by atoms with Gasteiger partial charge in [-0.15, -0.1) is 0 Å². The zero-order valence-electron chi connectivity index (χ0n) is 13.2. The van der Waals surface area contributed by atoms with Crippen LogP contribution < -0.4 is 5.32 Å². The van der Waals surface area contributed by atoms with E-state index in [4.69, 9.17) is 0 Å². The minimum absolute atomic E-state index is 0.339. The molecule has 2 nitrogen and oxygen atoms in total. The minimum atomic E-state index is 0.339. The first kappa shape index (κ1) is 14.1. The third-order valence-electron chi connectivity index (χ3n) is 5.23. The van der Waals surface area contributed by atoms with E-state index in [1.165, 1.54) is 44.5 Å². The van der Waals surface area contributed by atoms with Crippen LogP contribution in [0.25, 0.3) is 0 Å². The predicted molar refractivity (Wildman–Crippen MR) is 84.9 cm³/mol. The summed E-state index contributed by atoms with van der Waals surface area (Å²) in [6.45, 7) is 10.8. The molecule has 1 aliphatic heterocycles. The molecule has 1 saturated heterocycles. The molecule has 110 valence electrons. The van der Waals surface area contributed by atoms with Gasteiger partial charge in [-0.1, -0.05) is 45.0 Å². The molecule has 0 amide bonds. The molecule has 1 N–H and O–H groups in total. The first-order valence-corrected chi connectivity index (χ1v) is 8.16. The third-order valence-corrected chi connectivity index (χ3v) is 5.23. The summed E-state index contributed by atoms with van der Waals surface area (Å²) >= 11 is 0. The molecule has 2 aliphatic rings. The fourth-order valence-corrected chi connectivity index (χ4v) is 3.96. The van der Waals surface area contributed by atoms with E-state index in [-0.39, 0.29) is 0 Å². The molecule has 1 aromatic carbocycles. The lowest BCUT2D eigenvalue weighted by Crippen LogP contribution is -2.45. The second-order valence-corrected chi connectivity index (χ2v) is 7.17. The number of fused-ring (bicyclic) bond motifs is 1. The van der Waals surface area contributed by atoms with Crippen LogP contribution in [0.4, 0.5) is 0 Å². The first-order valence-electron chi connectivity index (χ1n) is 8.16. The largest absolute Gasteiger partial charge is 0.307 e. The molecular weight excluding hydrogens is 244 g/mol. The van der Waals surface area contributed by atoms with Crippen molar-refractivity contribution in [3.8, 4) is 0 Å². The number of benzene rings is 1. The van der Waals surface area contributed by atoms with Crippen molar-refractivity contribution in [1.82, 2.24) is 10.2 Å². The Morgan fingerprint density at radius 2 is 1.90 bits per heavy atom. The van der Waals surface area contributed by atoms with E-state index < -0.39 is 0 Å². The molecule has 1 fully saturated rings. The van der Waals surface area contributed by atoms with Crippen LogP contribution in [0.15, 0.2) is 24.3 Å². The lowest BCUT2D eigenvalue weighted by atomic mass is 9.84. The van der Waals surface area contributed by atoms with Gasteiger partial charge < -0.3 is 10.2 Å². The average molecular weight is 272 g/mol. The van der Waals surface area contributed by atoms with Crippen LogP contribution in [-0.4, -0.2) is 30.6 Å². The third kappa shape index (κ3) is 2.64. The van der Waals surface area contributed by atoms with Crippen molar-refractivity contribution >= 4 is 0 Å². The monoisotopic (exact) mass is 272 g/mol. The van der Waals surface area contributed by atoms with Crippen LogP contribution in [-0.2, 0) is 6.42 Å². The highest BCUT2D eigenvalue weighted by Gasteiger charge is 2.39. The number of nitrogens with one attached hydrogen (secondary N) is 1. The van der Waals surface area contributed by atoms with Crippen molar-refractivity contribution in [2.75, 3.05) is 19.6 Å². The Labute approximate surface area is 123 Å². The highest BCUT2D eigenvalue weighted by atomic mass is 15.1. The Morgan fingerprint density at radius 3 is 2.60 bits per heavy atom. The van der Waals surface area contributed by atoms with Gasteiger partial charge in [0.15, 0.2) is 0 Å². The second kappa shape index (κ2) is 5.50. The molecule has 1 unspecified atom stereocenters. The molecule has 0 aromatic heterocycles. The SMILES string of the molecule is CCN1CCC(NC2c3ccccc3CC2(C)C)CC1. The van der Waals surface area contributed by atoms with Crippen LogP contribution in [0.1, 0.15) is 50.8 Å². The molecule has 1 heterocycles. The maximum Gasteiger partial charge on any atom is 0.0380 e. The van der Waals surface area contributed by atoms with Gasteiger partial charge in [0.25, 0.3) is 0 Å². The molecule has 0 bridgehead atoms. The molecule has 1 aliphatic carbocycles. The van der Waals surface area contributed by atoms with Crippen molar-refractivity contribution in [1.29, 1.82) is 0 Å². The normalized spacial score (nSPS) is 26.6. The Bertz CT molecular complexity index is 458. The van der Waals surface area contributed by atoms with Gasteiger partial charge in [0.2, 0.25) is 0 Å². The molecule has 1 atom stereocenters. The van der Waals surface area contributed by atoms with Crippen molar-refractivity contribution in [2.45, 2.75) is 52.1 Å². The lowest BCUT2D eigenvalue weighted by molar-refractivity contribution is 0.172. The van der Waals surface area contributed by atoms with E-state index in [0.29, 0.717) is 17.5 Å². The minimum Gasteiger partial charge on any atom is -0.307 e. The number of nitrogens with zero attached hydrogens (tertiary/aromatic N) is 1. The summed E-state index contributed by atoms with van der Waals surface area (Å²) in [6.07, 6.45) is 3.79. The summed E-state index contributed by atoms with van der Waals surface area (Å²) in [5.74, 6) is 0. The summed E-state index contributed by atoms with van der Waals surface area (Å²) in [6, 6.07) is 10.2. The van der Waals surface area contributed by atoms with Crippen molar-refractivity contribution in [3.63, 3.8) is 0 Å². The van der Waals surface area contributed by atoms with Gasteiger partial charge in [-0.05, 0) is 55.4 Å². The zero-order valence-corrected chi connectivity index (χ0v) is 13.2. The quantitative estimate of drug-likeness (QED) is 0.907. The summed E-state index contributed by atoms with van der Waals surface area (Å²) in [5.41, 5.74) is 3.42. The molecule has 0 radical (unpaired) electrons. The number of hydrogen-bond acceptors (Lipinski definition) is 2. The van der Waals surface area contributed by atoms with Gasteiger partial charge >= 0.3 is 0 Å². The smallest absolute Gasteiger partial charge is 0.0380 e. The van der Waals surface area contributed by atoms with Crippen molar-refractivity contribution in [2.24, 2.45) is 5.41 Å². The Hall–Kier alpha value is -0.860. The maximum atomic E-state index is 3.98. The molecular formula is C18H28N2. The predicted octanol–water partition coefficient (Wildman–Crippen LogP) is 3.38. The molecule has 0 spiro atoms. The van der Waals surface area contributed by atoms with Crippen LogP contribution in [0, 0.1) is 5.41 Å². The molecule has 20 heavy (non-hydrogen) atoms. The molecule has 1 aromatic rings. The molecule has 3 rings (SSSR count). The van der Waals surface area contributed by atoms with E-state index in [1.54, 1.807) is 5.56 Å². The summed E-state index contributed by atoms with van der Waals surface area (Å²) < 4.78 is 0. The van der Waals surface area contributed by atoms with Crippen molar-refractivity contribution < 1.29 is 0 Å². The standard InChI is InChI=1S/C18H28N2/c1-4-20-11-9-15(10-12-20)19-17-16-8-6-5-7-14(16)13-18(17,2)3/h5-8,15,17,19H,4,9-13H2,1-3H3. The van der Waals surface area contributed by atoms with Gasteiger partial charge in [0.05, 0.1) is 0 Å². The van der Waals surface area contributed by atoms with Gasteiger partial charge in [-0.25, -0.2) is 0 Å². The van der Waals surface area contributed by atoms with E-state index in [0.717, 1.165) is 0 Å². The summed E-state index contributed by atoms with van der Waals surface area (Å²) in [5, 5.41) is 3.98. The molecule has 0 saturated carbocycles. The highest BCUT2D eigenvalue weighted by molar-refractivity contribution is 5.37. The Balaban J connectivity index is 1.70. The van der Waals surface area contributed by atoms with Crippen LogP contribution in [0.3, 0.4) is 0 Å². The summed E-state index contributed by atoms with van der Waals surface area (Å²) in [4.78, 5) is 2.56. The van der Waals surface area contributed by atoms with Crippen LogP contribution >= 0.6 is 0 Å². The average Bonchev–Trinajstić information content (AvgIpc) is 2.70. The van der Waals surface area contributed by atoms with Crippen LogP contribution in [0.2, 0.25) is 0 Å². The maximum absolute atomic E-state index is 3.98. The number of likely N-dealkylation sites (tertiary alicyclic amines) is 1. The fourth-order valence-electron chi connectivity index (χ4n) is 3.96. The van der Waals surface area contributed by atoms with Gasteiger partial charge in [0.1, 0.15) is 0 Å². The number of piperidine rings is 1. The van der Waals surface area contributed by atoms with Crippen molar-refractivity contribution in [3.05, 3.63) is 35.4 Å². The van der Waals surface area contributed by atoms with E-state index in [2.05, 4.69) is 55.3 Å². The lowest BCUT2D eigenvalue weighted by Gasteiger charge is -2.37. The Kier molecular flexibility index (Phi) is 3.87. The fraction of sp³-hybridized carbons (Fsp3) is 0.667. The number of rotatable bonds is 3. The second-order valence-electron chi connectivity index (χ2n) is 7.17. The van der Waals surface area contributed by atoms with E-state index in [1.807, 2.05) is 0 Å². The zero-order chi connectivity index (χ0) is 14.2. The van der Waals surface area contributed by atoms with Crippen LogP contribution in [0.5, 0.6) is 0 Å². The Morgan fingerprint density at radius 1 is 1.20 bits per heavy atom.